The van der Waals surface area contributed by atoms with Gasteiger partial charge >= 0.3 is 0 Å². The van der Waals surface area contributed by atoms with Gasteiger partial charge in [-0.05, 0) is 24.3 Å². The van der Waals surface area contributed by atoms with Crippen LogP contribution in [-0.2, 0) is 10.0 Å². The molecule has 0 radical (unpaired) electrons. The number of benzene rings is 2. The van der Waals surface area contributed by atoms with Crippen molar-refractivity contribution < 1.29 is 17.5 Å². The largest absolute Gasteiger partial charge is 0.492 e. The second kappa shape index (κ2) is 6.55. The normalized spacial score (nSPS) is 11.3. The lowest BCUT2D eigenvalue weighted by molar-refractivity contribution is 0.323. The van der Waals surface area contributed by atoms with Gasteiger partial charge < -0.3 is 10.5 Å². The zero-order chi connectivity index (χ0) is 15.3. The SMILES string of the molecule is Nc1cccc(F)c1S(=O)(=O)NCCOc1ccccc1. The first-order valence-electron chi connectivity index (χ1n) is 6.22. The monoisotopic (exact) mass is 310 g/mol. The van der Waals surface area contributed by atoms with E-state index in [1.165, 1.54) is 12.1 Å². The lowest BCUT2D eigenvalue weighted by Gasteiger charge is -2.10. The van der Waals surface area contributed by atoms with Gasteiger partial charge in [-0.15, -0.1) is 0 Å². The quantitative estimate of drug-likeness (QED) is 0.629. The van der Waals surface area contributed by atoms with E-state index in [9.17, 15) is 12.8 Å². The van der Waals surface area contributed by atoms with E-state index < -0.39 is 20.7 Å². The molecule has 0 saturated heterocycles. The van der Waals surface area contributed by atoms with Crippen LogP contribution < -0.4 is 15.2 Å². The molecule has 2 rings (SSSR count). The third kappa shape index (κ3) is 3.93. The van der Waals surface area contributed by atoms with Gasteiger partial charge in [0, 0.05) is 6.54 Å². The molecule has 0 atom stereocenters. The molecule has 5 nitrogen and oxygen atoms in total. The molecular formula is C14H15FN2O3S. The van der Waals surface area contributed by atoms with Crippen molar-refractivity contribution in [1.29, 1.82) is 0 Å². The van der Waals surface area contributed by atoms with Crippen LogP contribution in [0.15, 0.2) is 53.4 Å². The third-order valence-corrected chi connectivity index (χ3v) is 4.22. The summed E-state index contributed by atoms with van der Waals surface area (Å²) in [5, 5.41) is 0. The van der Waals surface area contributed by atoms with Gasteiger partial charge in [0.15, 0.2) is 0 Å². The van der Waals surface area contributed by atoms with Crippen molar-refractivity contribution >= 4 is 15.7 Å². The van der Waals surface area contributed by atoms with Crippen LogP contribution in [0, 0.1) is 5.82 Å². The molecule has 2 aromatic rings. The van der Waals surface area contributed by atoms with Crippen LogP contribution >= 0.6 is 0 Å². The summed E-state index contributed by atoms with van der Waals surface area (Å²) in [6, 6.07) is 12.7. The molecule has 7 heteroatoms. The van der Waals surface area contributed by atoms with E-state index in [1.54, 1.807) is 24.3 Å². The molecule has 3 N–H and O–H groups in total. The minimum Gasteiger partial charge on any atom is -0.492 e. The van der Waals surface area contributed by atoms with E-state index in [4.69, 9.17) is 10.5 Å². The van der Waals surface area contributed by atoms with Crippen LogP contribution in [0.4, 0.5) is 10.1 Å². The predicted molar refractivity (Wildman–Crippen MR) is 77.9 cm³/mol. The fourth-order valence-corrected chi connectivity index (χ4v) is 2.94. The van der Waals surface area contributed by atoms with E-state index in [-0.39, 0.29) is 18.8 Å². The third-order valence-electron chi connectivity index (χ3n) is 2.67. The number of sulfonamides is 1. The van der Waals surface area contributed by atoms with Crippen LogP contribution in [0.2, 0.25) is 0 Å². The molecular weight excluding hydrogens is 295 g/mol. The zero-order valence-corrected chi connectivity index (χ0v) is 11.9. The summed E-state index contributed by atoms with van der Waals surface area (Å²) in [4.78, 5) is -0.537. The van der Waals surface area contributed by atoms with Crippen molar-refractivity contribution in [2.45, 2.75) is 4.90 Å². The second-order valence-corrected chi connectivity index (χ2v) is 5.92. The molecule has 0 aliphatic rings. The minimum absolute atomic E-state index is 0.00496. The minimum atomic E-state index is -4.01. The first kappa shape index (κ1) is 15.3. The maximum absolute atomic E-state index is 13.6. The van der Waals surface area contributed by atoms with Crippen LogP contribution in [0.3, 0.4) is 0 Å². The van der Waals surface area contributed by atoms with Crippen molar-refractivity contribution in [2.75, 3.05) is 18.9 Å². The average molecular weight is 310 g/mol. The summed E-state index contributed by atoms with van der Waals surface area (Å²) >= 11 is 0. The molecule has 21 heavy (non-hydrogen) atoms. The van der Waals surface area contributed by atoms with Gasteiger partial charge in [-0.2, -0.15) is 0 Å². The Morgan fingerprint density at radius 2 is 1.81 bits per heavy atom. The predicted octanol–water partition coefficient (Wildman–Crippen LogP) is 1.77. The summed E-state index contributed by atoms with van der Waals surface area (Å²) in [5.41, 5.74) is 5.38. The number of ether oxygens (including phenoxy) is 1. The van der Waals surface area contributed by atoms with E-state index >= 15 is 0 Å². The first-order valence-corrected chi connectivity index (χ1v) is 7.70. The fourth-order valence-electron chi connectivity index (χ4n) is 1.74. The highest BCUT2D eigenvalue weighted by Gasteiger charge is 2.21. The van der Waals surface area contributed by atoms with E-state index in [2.05, 4.69) is 4.72 Å². The molecule has 0 saturated carbocycles. The van der Waals surface area contributed by atoms with Gasteiger partial charge in [-0.25, -0.2) is 17.5 Å². The molecule has 0 heterocycles. The number of nitrogens with two attached hydrogens (primary N) is 1. The molecule has 0 amide bonds. The van der Waals surface area contributed by atoms with Crippen LogP contribution in [-0.4, -0.2) is 21.6 Å². The highest BCUT2D eigenvalue weighted by Crippen LogP contribution is 2.21. The van der Waals surface area contributed by atoms with Gasteiger partial charge in [-0.3, -0.25) is 0 Å². The molecule has 0 aromatic heterocycles. The van der Waals surface area contributed by atoms with Crippen LogP contribution in [0.25, 0.3) is 0 Å². The van der Waals surface area contributed by atoms with Crippen molar-refractivity contribution in [3.63, 3.8) is 0 Å². The lowest BCUT2D eigenvalue weighted by Crippen LogP contribution is -2.29. The number of halogens is 1. The second-order valence-electron chi connectivity index (χ2n) is 4.22. The summed E-state index contributed by atoms with van der Waals surface area (Å²) in [6.07, 6.45) is 0. The number of hydrogen-bond acceptors (Lipinski definition) is 4. The molecule has 112 valence electrons. The van der Waals surface area contributed by atoms with Crippen molar-refractivity contribution in [3.8, 4) is 5.75 Å². The van der Waals surface area contributed by atoms with Crippen molar-refractivity contribution in [1.82, 2.24) is 4.72 Å². The van der Waals surface area contributed by atoms with Crippen molar-refractivity contribution in [3.05, 3.63) is 54.3 Å². The molecule has 2 aromatic carbocycles. The summed E-state index contributed by atoms with van der Waals surface area (Å²) in [7, 11) is -4.01. The number of rotatable bonds is 6. The Morgan fingerprint density at radius 1 is 1.10 bits per heavy atom. The Hall–Kier alpha value is -2.12. The highest BCUT2D eigenvalue weighted by atomic mass is 32.2. The highest BCUT2D eigenvalue weighted by molar-refractivity contribution is 7.89. The number of para-hydroxylation sites is 1. The van der Waals surface area contributed by atoms with Crippen molar-refractivity contribution in [2.24, 2.45) is 0 Å². The fraction of sp³-hybridized carbons (Fsp3) is 0.143. The summed E-state index contributed by atoms with van der Waals surface area (Å²) < 4.78 is 45.2. The molecule has 0 bridgehead atoms. The lowest BCUT2D eigenvalue weighted by atomic mass is 10.3. The Bertz CT molecular complexity index is 685. The number of anilines is 1. The van der Waals surface area contributed by atoms with Gasteiger partial charge in [-0.1, -0.05) is 24.3 Å². The molecule has 0 fully saturated rings. The van der Waals surface area contributed by atoms with Crippen LogP contribution in [0.1, 0.15) is 0 Å². The van der Waals surface area contributed by atoms with Gasteiger partial charge in [0.05, 0.1) is 5.69 Å². The maximum atomic E-state index is 13.6. The Kier molecular flexibility index (Phi) is 4.77. The Balaban J connectivity index is 1.96. The van der Waals surface area contributed by atoms with Gasteiger partial charge in [0.1, 0.15) is 23.1 Å². The van der Waals surface area contributed by atoms with E-state index in [1.807, 2.05) is 6.07 Å². The average Bonchev–Trinajstić information content (AvgIpc) is 2.44. The molecule has 0 spiro atoms. The molecule has 0 aliphatic heterocycles. The number of nitrogens with one attached hydrogen (secondary N) is 1. The Labute approximate surface area is 122 Å². The van der Waals surface area contributed by atoms with E-state index in [0.29, 0.717) is 5.75 Å². The Morgan fingerprint density at radius 3 is 2.48 bits per heavy atom. The topological polar surface area (TPSA) is 81.4 Å². The van der Waals surface area contributed by atoms with E-state index in [0.717, 1.165) is 6.07 Å². The van der Waals surface area contributed by atoms with Gasteiger partial charge in [0.25, 0.3) is 0 Å². The maximum Gasteiger partial charge on any atom is 0.245 e. The summed E-state index contributed by atoms with van der Waals surface area (Å²) in [6.45, 7) is 0.128. The summed E-state index contributed by atoms with van der Waals surface area (Å²) in [5.74, 6) is -0.256. The standard InChI is InChI=1S/C14H15FN2O3S/c15-12-7-4-8-13(16)14(12)21(18,19)17-9-10-20-11-5-2-1-3-6-11/h1-8,17H,9-10,16H2. The van der Waals surface area contributed by atoms with Gasteiger partial charge in [0.2, 0.25) is 10.0 Å². The number of nitrogen functional groups attached to an aromatic ring is 1. The van der Waals surface area contributed by atoms with Crippen LogP contribution in [0.5, 0.6) is 5.75 Å². The smallest absolute Gasteiger partial charge is 0.245 e. The number of hydrogen-bond donors (Lipinski definition) is 2. The zero-order valence-electron chi connectivity index (χ0n) is 11.1. The first-order chi connectivity index (χ1) is 10.0. The molecule has 0 unspecified atom stereocenters. The molecule has 0 aliphatic carbocycles.